The molecule has 0 aliphatic carbocycles. The highest BCUT2D eigenvalue weighted by Crippen LogP contribution is 2.45. The van der Waals surface area contributed by atoms with Gasteiger partial charge in [0.25, 0.3) is 0 Å². The summed E-state index contributed by atoms with van der Waals surface area (Å²) in [4.78, 5) is 10.8. The quantitative estimate of drug-likeness (QED) is 0.149. The van der Waals surface area contributed by atoms with Crippen molar-refractivity contribution >= 4 is 60.7 Å². The SMILES string of the molecule is [C-]#[N+]c1cccc(-c2ccc3c4ccc(-c5cccc([N+]#[C-])c5)cc4n(-c4cc(-c5cc([N+]#[C-])cc(C(F)(F)F)c5)cc(-n5c6cc(-c7cccc(C#N)c7)ccc6c6ccc(-c7cccc(C#N)c7)cc65)c4C#N)c3c2)c1. The van der Waals surface area contributed by atoms with Gasteiger partial charge in [-0.1, -0.05) is 109 Å². The van der Waals surface area contributed by atoms with Crippen LogP contribution in [0.15, 0.2) is 200 Å². The Morgan fingerprint density at radius 1 is 0.346 bits per heavy atom. The van der Waals surface area contributed by atoms with Gasteiger partial charge in [0.2, 0.25) is 0 Å². The van der Waals surface area contributed by atoms with Crippen molar-refractivity contribution in [3.8, 4) is 85.2 Å². The van der Waals surface area contributed by atoms with Crippen LogP contribution >= 0.6 is 0 Å². The van der Waals surface area contributed by atoms with E-state index in [-0.39, 0.29) is 22.4 Å². The highest BCUT2D eigenvalue weighted by Gasteiger charge is 2.32. The fourth-order valence-corrected chi connectivity index (χ4v) is 10.6. The van der Waals surface area contributed by atoms with Gasteiger partial charge in [-0.05, 0) is 147 Å². The Kier molecular flexibility index (Phi) is 11.4. The molecule has 0 amide bonds. The van der Waals surface area contributed by atoms with Gasteiger partial charge in [0.15, 0.2) is 17.1 Å². The van der Waals surface area contributed by atoms with E-state index in [1.165, 1.54) is 6.07 Å². The van der Waals surface area contributed by atoms with Gasteiger partial charge in [0.1, 0.15) is 11.6 Å². The highest BCUT2D eigenvalue weighted by molar-refractivity contribution is 6.13. The lowest BCUT2D eigenvalue weighted by molar-refractivity contribution is -0.137. The van der Waals surface area contributed by atoms with Crippen LogP contribution in [0.25, 0.3) is 125 Å². The number of halogens is 3. The molecule has 362 valence electrons. The maximum Gasteiger partial charge on any atom is 0.415 e. The summed E-state index contributed by atoms with van der Waals surface area (Å²) in [6.07, 6.45) is -4.81. The lowest BCUT2D eigenvalue weighted by Crippen LogP contribution is -2.07. The fraction of sp³-hybridized carbons (Fsp3) is 0.0149. The van der Waals surface area contributed by atoms with Crippen LogP contribution in [0, 0.1) is 53.7 Å². The molecule has 0 aliphatic heterocycles. The van der Waals surface area contributed by atoms with E-state index in [0.717, 1.165) is 78.2 Å². The Hall–Kier alpha value is -11.5. The van der Waals surface area contributed by atoms with Crippen molar-refractivity contribution < 1.29 is 13.2 Å². The van der Waals surface area contributed by atoms with Gasteiger partial charge in [0, 0.05) is 27.1 Å². The first-order chi connectivity index (χ1) is 38.0. The largest absolute Gasteiger partial charge is 0.415 e. The second kappa shape index (κ2) is 18.8. The maximum absolute atomic E-state index is 14.9. The average molecular weight is 1010 g/mol. The number of nitrogens with zero attached hydrogens (tertiary/aromatic N) is 8. The van der Waals surface area contributed by atoms with Gasteiger partial charge in [-0.25, -0.2) is 14.5 Å². The van der Waals surface area contributed by atoms with Gasteiger partial charge in [-0.3, -0.25) is 0 Å². The Bertz CT molecular complexity index is 4330. The third-order valence-corrected chi connectivity index (χ3v) is 14.2. The Balaban J connectivity index is 1.26. The van der Waals surface area contributed by atoms with Crippen molar-refractivity contribution in [3.05, 3.63) is 257 Å². The monoisotopic (exact) mass is 1010 g/mol. The van der Waals surface area contributed by atoms with Crippen LogP contribution in [-0.2, 0) is 6.18 Å². The molecule has 78 heavy (non-hydrogen) atoms. The smallest absolute Gasteiger partial charge is 0.308 e. The fourth-order valence-electron chi connectivity index (χ4n) is 10.6. The molecule has 0 N–H and O–H groups in total. The number of hydrogen-bond donors (Lipinski definition) is 0. The van der Waals surface area contributed by atoms with E-state index in [4.69, 9.17) is 19.7 Å². The first-order valence-corrected chi connectivity index (χ1v) is 24.3. The van der Waals surface area contributed by atoms with Gasteiger partial charge >= 0.3 is 6.18 Å². The molecule has 0 saturated carbocycles. The molecule has 0 unspecified atom stereocenters. The Morgan fingerprint density at radius 2 is 0.692 bits per heavy atom. The summed E-state index contributed by atoms with van der Waals surface area (Å²) in [5.74, 6) is 0. The molecule has 2 heterocycles. The summed E-state index contributed by atoms with van der Waals surface area (Å²) in [5, 5.41) is 35.0. The summed E-state index contributed by atoms with van der Waals surface area (Å²) < 4.78 is 48.6. The standard InChI is InChI=1S/C67H33F3N8/c1-74-53-14-6-12-44(27-53)48-18-22-58-59-23-19-49(45-13-7-15-54(28-45)75-2)33-64(59)78(63(58)32-48)66-35-51(50-26-52(67(68,69)70)36-55(29-50)76-3)34-65(60(66)39-73)77-61-30-46(42-10-4-8-40(24-42)37-71)16-20-56(61)57-21-17-47(31-62(57)77)43-11-5-9-41(25-43)38-72/h4-36H. The van der Waals surface area contributed by atoms with E-state index in [2.05, 4.69) is 32.7 Å². The zero-order chi connectivity index (χ0) is 53.8. The summed E-state index contributed by atoms with van der Waals surface area (Å²) in [6, 6.07) is 66.3. The predicted molar refractivity (Wildman–Crippen MR) is 300 cm³/mol. The van der Waals surface area contributed by atoms with Crippen molar-refractivity contribution in [2.24, 2.45) is 0 Å². The topological polar surface area (TPSA) is 94.3 Å². The second-order valence-electron chi connectivity index (χ2n) is 18.7. The lowest BCUT2D eigenvalue weighted by atomic mass is 9.97. The molecule has 8 nitrogen and oxygen atoms in total. The molecular weight excluding hydrogens is 974 g/mol. The first-order valence-electron chi connectivity index (χ1n) is 24.3. The molecule has 2 aromatic heterocycles. The molecule has 0 aliphatic rings. The number of alkyl halides is 3. The molecule has 0 bridgehead atoms. The normalized spacial score (nSPS) is 11.2. The first kappa shape index (κ1) is 47.5. The number of fused-ring (bicyclic) bond motifs is 6. The number of nitriles is 3. The van der Waals surface area contributed by atoms with Crippen molar-refractivity contribution in [2.75, 3.05) is 0 Å². The van der Waals surface area contributed by atoms with Crippen LogP contribution in [0.3, 0.4) is 0 Å². The third kappa shape index (κ3) is 8.17. The van der Waals surface area contributed by atoms with Crippen LogP contribution in [0.4, 0.5) is 30.2 Å². The van der Waals surface area contributed by atoms with Crippen LogP contribution in [0.2, 0.25) is 0 Å². The van der Waals surface area contributed by atoms with Gasteiger partial charge < -0.3 is 9.13 Å². The second-order valence-corrected chi connectivity index (χ2v) is 18.7. The summed E-state index contributed by atoms with van der Waals surface area (Å²) in [7, 11) is 0. The van der Waals surface area contributed by atoms with E-state index < -0.39 is 11.7 Å². The van der Waals surface area contributed by atoms with Gasteiger partial charge in [-0.2, -0.15) is 29.0 Å². The number of hydrogen-bond acceptors (Lipinski definition) is 3. The molecule has 0 spiro atoms. The molecule has 0 atom stereocenters. The zero-order valence-electron chi connectivity index (χ0n) is 40.8. The van der Waals surface area contributed by atoms with Gasteiger partial charge in [-0.15, -0.1) is 0 Å². The minimum absolute atomic E-state index is 0.0839. The summed E-state index contributed by atoms with van der Waals surface area (Å²) >= 11 is 0. The van der Waals surface area contributed by atoms with E-state index in [1.54, 1.807) is 72.8 Å². The van der Waals surface area contributed by atoms with E-state index in [9.17, 15) is 29.0 Å². The van der Waals surface area contributed by atoms with E-state index in [1.807, 2.05) is 118 Å². The minimum atomic E-state index is -4.81. The van der Waals surface area contributed by atoms with Crippen molar-refractivity contribution in [1.82, 2.24) is 9.13 Å². The average Bonchev–Trinajstić information content (AvgIpc) is 4.18. The maximum atomic E-state index is 14.9. The van der Waals surface area contributed by atoms with Crippen LogP contribution < -0.4 is 0 Å². The van der Waals surface area contributed by atoms with Crippen LogP contribution in [0.1, 0.15) is 22.3 Å². The Labute approximate surface area is 444 Å². The molecule has 0 radical (unpaired) electrons. The summed E-state index contributed by atoms with van der Waals surface area (Å²) in [5.41, 5.74) is 10.4. The lowest BCUT2D eigenvalue weighted by Gasteiger charge is -2.20. The molecule has 0 saturated heterocycles. The van der Waals surface area contributed by atoms with E-state index in [0.29, 0.717) is 55.9 Å². The Morgan fingerprint density at radius 3 is 1.05 bits per heavy atom. The number of benzene rings is 10. The third-order valence-electron chi connectivity index (χ3n) is 14.2. The number of rotatable bonds is 7. The minimum Gasteiger partial charge on any atom is -0.308 e. The van der Waals surface area contributed by atoms with E-state index >= 15 is 0 Å². The van der Waals surface area contributed by atoms with Crippen molar-refractivity contribution in [3.63, 3.8) is 0 Å². The van der Waals surface area contributed by atoms with Crippen molar-refractivity contribution in [1.29, 1.82) is 15.8 Å². The van der Waals surface area contributed by atoms with Crippen LogP contribution in [-0.4, -0.2) is 9.13 Å². The number of aromatic nitrogens is 2. The molecule has 11 heteroatoms. The zero-order valence-corrected chi connectivity index (χ0v) is 40.8. The van der Waals surface area contributed by atoms with Gasteiger partial charge in [0.05, 0.1) is 76.4 Å². The van der Waals surface area contributed by atoms with Crippen LogP contribution in [0.5, 0.6) is 0 Å². The van der Waals surface area contributed by atoms with Crippen molar-refractivity contribution in [2.45, 2.75) is 6.18 Å². The molecule has 12 rings (SSSR count). The highest BCUT2D eigenvalue weighted by atomic mass is 19.4. The molecule has 10 aromatic carbocycles. The summed E-state index contributed by atoms with van der Waals surface area (Å²) in [6.45, 7) is 23.5. The molecule has 0 fully saturated rings. The molecular formula is C67H33F3N8. The predicted octanol–water partition coefficient (Wildman–Crippen LogP) is 18.5. The molecule has 12 aromatic rings.